The Morgan fingerprint density at radius 2 is 1.76 bits per heavy atom. The van der Waals surface area contributed by atoms with Crippen LogP contribution in [0.15, 0.2) is 30.5 Å². The van der Waals surface area contributed by atoms with Crippen LogP contribution < -0.4 is 4.74 Å². The molecule has 0 N–H and O–H groups in total. The molecule has 1 saturated carbocycles. The van der Waals surface area contributed by atoms with E-state index in [1.807, 2.05) is 41.0 Å². The average Bonchev–Trinajstić information content (AvgIpc) is 3.29. The first kappa shape index (κ1) is 24.2. The second-order valence-corrected chi connectivity index (χ2v) is 9.43. The Hall–Kier alpha value is -2.90. The minimum absolute atomic E-state index is 0.0211. The zero-order chi connectivity index (χ0) is 23.9. The van der Waals surface area contributed by atoms with Gasteiger partial charge in [-0.2, -0.15) is 0 Å². The molecule has 1 aliphatic heterocycles. The van der Waals surface area contributed by atoms with Crippen LogP contribution in [0.4, 0.5) is 0 Å². The Labute approximate surface area is 202 Å². The number of aryl methyl sites for hydroxylation is 1. The lowest BCUT2D eigenvalue weighted by Gasteiger charge is -2.40. The van der Waals surface area contributed by atoms with Gasteiger partial charge in [-0.1, -0.05) is 43.0 Å². The van der Waals surface area contributed by atoms with Gasteiger partial charge in [0.1, 0.15) is 11.9 Å². The van der Waals surface area contributed by atoms with E-state index in [-0.39, 0.29) is 24.0 Å². The number of amides is 2. The Kier molecular flexibility index (Phi) is 8.19. The largest absolute Gasteiger partial charge is 0.487 e. The highest BCUT2D eigenvalue weighted by Gasteiger charge is 2.36. The third-order valence-corrected chi connectivity index (χ3v) is 7.04. The Balaban J connectivity index is 1.66. The number of hydrogen-bond donors (Lipinski definition) is 0. The second kappa shape index (κ2) is 11.5. The quantitative estimate of drug-likeness (QED) is 0.665. The molecule has 1 aromatic carbocycles. The molecular formula is C26H37N5O3. The molecule has 184 valence electrons. The van der Waals surface area contributed by atoms with Crippen molar-refractivity contribution < 1.29 is 14.3 Å². The Morgan fingerprint density at radius 1 is 1.03 bits per heavy atom. The number of aromatic nitrogens is 3. The second-order valence-electron chi connectivity index (χ2n) is 9.43. The molecule has 2 aromatic rings. The number of rotatable bonds is 2. The molecule has 34 heavy (non-hydrogen) atoms. The van der Waals surface area contributed by atoms with Crippen LogP contribution in [0.5, 0.6) is 5.75 Å². The van der Waals surface area contributed by atoms with Crippen LogP contribution in [0.2, 0.25) is 0 Å². The Bertz CT molecular complexity index is 975. The molecule has 1 fully saturated rings. The van der Waals surface area contributed by atoms with Gasteiger partial charge in [-0.15, -0.1) is 5.10 Å². The zero-order valence-corrected chi connectivity index (χ0v) is 20.5. The highest BCUT2D eigenvalue weighted by Crippen LogP contribution is 2.31. The van der Waals surface area contributed by atoms with Gasteiger partial charge in [-0.05, 0) is 51.2 Å². The van der Waals surface area contributed by atoms with Crippen molar-refractivity contribution >= 4 is 11.8 Å². The lowest BCUT2D eigenvalue weighted by atomic mass is 9.90. The van der Waals surface area contributed by atoms with Crippen molar-refractivity contribution in [2.75, 3.05) is 19.6 Å². The summed E-state index contributed by atoms with van der Waals surface area (Å²) in [5, 5.41) is 8.06. The van der Waals surface area contributed by atoms with Gasteiger partial charge in [-0.3, -0.25) is 14.3 Å². The molecule has 4 rings (SSSR count). The normalized spacial score (nSPS) is 22.7. The topological polar surface area (TPSA) is 80.6 Å². The van der Waals surface area contributed by atoms with Gasteiger partial charge in [0.2, 0.25) is 0 Å². The Morgan fingerprint density at radius 3 is 2.53 bits per heavy atom. The van der Waals surface area contributed by atoms with Crippen LogP contribution in [0, 0.1) is 0 Å². The summed E-state index contributed by atoms with van der Waals surface area (Å²) in [7, 11) is 1.77. The molecule has 1 aliphatic carbocycles. The maximum Gasteiger partial charge on any atom is 0.276 e. The molecule has 1 aromatic heterocycles. The van der Waals surface area contributed by atoms with E-state index < -0.39 is 0 Å². The van der Waals surface area contributed by atoms with Gasteiger partial charge in [-0.25, -0.2) is 0 Å². The first-order chi connectivity index (χ1) is 16.6. The fourth-order valence-corrected chi connectivity index (χ4v) is 5.18. The van der Waals surface area contributed by atoms with Crippen LogP contribution >= 0.6 is 0 Å². The van der Waals surface area contributed by atoms with Crippen molar-refractivity contribution in [3.8, 4) is 5.75 Å². The smallest absolute Gasteiger partial charge is 0.276 e. The minimum atomic E-state index is -0.163. The van der Waals surface area contributed by atoms with Crippen LogP contribution in [0.25, 0.3) is 0 Å². The molecule has 0 radical (unpaired) electrons. The van der Waals surface area contributed by atoms with E-state index in [4.69, 9.17) is 4.74 Å². The predicted octanol–water partition coefficient (Wildman–Crippen LogP) is 4.07. The monoisotopic (exact) mass is 467 g/mol. The molecule has 0 bridgehead atoms. The lowest BCUT2D eigenvalue weighted by Crippen LogP contribution is -2.51. The van der Waals surface area contributed by atoms with Gasteiger partial charge < -0.3 is 14.5 Å². The molecule has 2 atom stereocenters. The van der Waals surface area contributed by atoms with Crippen LogP contribution in [-0.4, -0.2) is 68.4 Å². The molecule has 2 aliphatic rings. The third-order valence-electron chi connectivity index (χ3n) is 7.04. The maximum atomic E-state index is 13.5. The standard InChI is InChI=1S/C26H37N5O3/c1-3-30-17-11-5-4-6-12-18-31(26(33)21-19-29(2)28-27-21)22-14-8-10-16-24(22)34-23-15-9-7-13-20(23)25(30)32/h7,9,13,15,19,22,24H,3-6,8,10-12,14,16-18H2,1-2H3/t22-,24+/m1/s1. The summed E-state index contributed by atoms with van der Waals surface area (Å²) in [6.07, 6.45) is 10.5. The number of hydrogen-bond acceptors (Lipinski definition) is 5. The number of fused-ring (bicyclic) bond motifs is 2. The molecule has 8 heteroatoms. The van der Waals surface area contributed by atoms with E-state index >= 15 is 0 Å². The number of para-hydroxylation sites is 1. The molecule has 0 spiro atoms. The van der Waals surface area contributed by atoms with Crippen LogP contribution in [0.1, 0.15) is 85.6 Å². The van der Waals surface area contributed by atoms with Crippen LogP contribution in [0.3, 0.4) is 0 Å². The molecule has 2 heterocycles. The number of benzene rings is 1. The summed E-state index contributed by atoms with van der Waals surface area (Å²) in [5.41, 5.74) is 0.981. The van der Waals surface area contributed by atoms with Gasteiger partial charge in [0.15, 0.2) is 5.69 Å². The summed E-state index contributed by atoms with van der Waals surface area (Å²) in [4.78, 5) is 30.8. The number of carbonyl (C=O) groups excluding carboxylic acids is 2. The van der Waals surface area contributed by atoms with E-state index in [0.29, 0.717) is 30.1 Å². The zero-order valence-electron chi connectivity index (χ0n) is 20.5. The number of ether oxygens (including phenoxy) is 1. The summed E-state index contributed by atoms with van der Waals surface area (Å²) in [6.45, 7) is 4.15. The third kappa shape index (κ3) is 5.59. The van der Waals surface area contributed by atoms with Crippen molar-refractivity contribution in [2.45, 2.75) is 76.9 Å². The molecular weight excluding hydrogens is 430 g/mol. The maximum absolute atomic E-state index is 13.5. The van der Waals surface area contributed by atoms with Crippen molar-refractivity contribution in [2.24, 2.45) is 7.05 Å². The fourth-order valence-electron chi connectivity index (χ4n) is 5.18. The molecule has 0 saturated heterocycles. The predicted molar refractivity (Wildman–Crippen MR) is 130 cm³/mol. The number of carbonyl (C=O) groups is 2. The average molecular weight is 468 g/mol. The summed E-state index contributed by atoms with van der Waals surface area (Å²) < 4.78 is 8.14. The van der Waals surface area contributed by atoms with E-state index in [1.54, 1.807) is 17.9 Å². The molecule has 0 unspecified atom stereocenters. The van der Waals surface area contributed by atoms with E-state index in [9.17, 15) is 9.59 Å². The van der Waals surface area contributed by atoms with E-state index in [2.05, 4.69) is 10.3 Å². The molecule has 2 amide bonds. The van der Waals surface area contributed by atoms with Crippen molar-refractivity contribution in [3.63, 3.8) is 0 Å². The highest BCUT2D eigenvalue weighted by molar-refractivity contribution is 5.97. The van der Waals surface area contributed by atoms with Gasteiger partial charge in [0.25, 0.3) is 11.8 Å². The summed E-state index contributed by atoms with van der Waals surface area (Å²) in [6, 6.07) is 7.50. The summed E-state index contributed by atoms with van der Waals surface area (Å²) in [5.74, 6) is 0.553. The van der Waals surface area contributed by atoms with E-state index in [1.165, 1.54) is 0 Å². The first-order valence-corrected chi connectivity index (χ1v) is 12.8. The van der Waals surface area contributed by atoms with E-state index in [0.717, 1.165) is 64.3 Å². The van der Waals surface area contributed by atoms with Crippen LogP contribution in [-0.2, 0) is 7.05 Å². The summed E-state index contributed by atoms with van der Waals surface area (Å²) >= 11 is 0. The van der Waals surface area contributed by atoms with Gasteiger partial charge in [0.05, 0.1) is 17.8 Å². The fraction of sp³-hybridized carbons (Fsp3) is 0.615. The minimum Gasteiger partial charge on any atom is -0.487 e. The number of nitrogens with zero attached hydrogens (tertiary/aromatic N) is 5. The van der Waals surface area contributed by atoms with Gasteiger partial charge in [0, 0.05) is 26.7 Å². The van der Waals surface area contributed by atoms with Crippen molar-refractivity contribution in [1.29, 1.82) is 0 Å². The first-order valence-electron chi connectivity index (χ1n) is 12.8. The van der Waals surface area contributed by atoms with Gasteiger partial charge >= 0.3 is 0 Å². The van der Waals surface area contributed by atoms with Crippen molar-refractivity contribution in [1.82, 2.24) is 24.8 Å². The highest BCUT2D eigenvalue weighted by atomic mass is 16.5. The van der Waals surface area contributed by atoms with Crippen molar-refractivity contribution in [3.05, 3.63) is 41.7 Å². The molecule has 8 nitrogen and oxygen atoms in total. The SMILES string of the molecule is CCN1CCCCCCCN(C(=O)c2cn(C)nn2)[C@@H]2CCCC[C@@H]2Oc2ccccc2C1=O. The lowest BCUT2D eigenvalue weighted by molar-refractivity contribution is 0.0266.